The number of aromatic nitrogens is 5. The van der Waals surface area contributed by atoms with Crippen LogP contribution in [-0.4, -0.2) is 25.3 Å². The molecule has 23 heavy (non-hydrogen) atoms. The van der Waals surface area contributed by atoms with Crippen LogP contribution in [0.25, 0.3) is 16.8 Å². The van der Waals surface area contributed by atoms with E-state index in [9.17, 15) is 0 Å². The van der Waals surface area contributed by atoms with Crippen molar-refractivity contribution in [1.82, 2.24) is 25.3 Å². The van der Waals surface area contributed by atoms with Gasteiger partial charge in [0.15, 0.2) is 11.5 Å². The molecule has 6 heteroatoms. The molecule has 110 valence electrons. The van der Waals surface area contributed by atoms with Gasteiger partial charge in [-0.15, -0.1) is 14.8 Å². The number of hydrogen-bond acceptors (Lipinski definition) is 5. The first kappa shape index (κ1) is 12.3. The monoisotopic (exact) mass is 300 g/mol. The number of nitrogens with zero attached hydrogens (tertiary/aromatic N) is 5. The summed E-state index contributed by atoms with van der Waals surface area (Å²) >= 11 is 0. The molecule has 1 N–H and O–H groups in total. The van der Waals surface area contributed by atoms with Crippen molar-refractivity contribution in [2.75, 3.05) is 5.32 Å². The van der Waals surface area contributed by atoms with E-state index in [2.05, 4.69) is 68.4 Å². The predicted octanol–water partition coefficient (Wildman–Crippen LogP) is 2.83. The summed E-state index contributed by atoms with van der Waals surface area (Å²) < 4.78 is 1.41. The molecule has 2 heterocycles. The summed E-state index contributed by atoms with van der Waals surface area (Å²) in [6.45, 7) is 0. The fourth-order valence-corrected chi connectivity index (χ4v) is 3.07. The van der Waals surface area contributed by atoms with Crippen LogP contribution in [0.1, 0.15) is 11.1 Å². The van der Waals surface area contributed by atoms with Crippen molar-refractivity contribution in [2.45, 2.75) is 6.42 Å². The number of fused-ring (bicyclic) bond motifs is 4. The second-order valence-corrected chi connectivity index (χ2v) is 5.58. The number of benzene rings is 2. The molecular formula is C17H12N6. The molecule has 4 aromatic rings. The van der Waals surface area contributed by atoms with Gasteiger partial charge in [0.2, 0.25) is 0 Å². The fourth-order valence-electron chi connectivity index (χ4n) is 3.07. The van der Waals surface area contributed by atoms with E-state index in [0.717, 1.165) is 12.1 Å². The third kappa shape index (κ3) is 1.96. The molecule has 0 atom stereocenters. The van der Waals surface area contributed by atoms with E-state index in [0.29, 0.717) is 11.5 Å². The van der Waals surface area contributed by atoms with Crippen LogP contribution < -0.4 is 5.32 Å². The van der Waals surface area contributed by atoms with E-state index in [1.54, 1.807) is 0 Å². The van der Waals surface area contributed by atoms with E-state index in [1.165, 1.54) is 26.9 Å². The lowest BCUT2D eigenvalue weighted by atomic mass is 10.1. The van der Waals surface area contributed by atoms with Crippen LogP contribution in [0.3, 0.4) is 0 Å². The molecule has 0 bridgehead atoms. The normalized spacial score (nSPS) is 12.2. The molecule has 5 rings (SSSR count). The molecule has 0 saturated carbocycles. The second kappa shape index (κ2) is 4.61. The average molecular weight is 300 g/mol. The number of rotatable bonds is 2. The van der Waals surface area contributed by atoms with E-state index >= 15 is 0 Å². The number of tetrazole rings is 1. The lowest BCUT2D eigenvalue weighted by Crippen LogP contribution is -2.00. The maximum absolute atomic E-state index is 4.34. The van der Waals surface area contributed by atoms with Crippen molar-refractivity contribution in [3.8, 4) is 11.1 Å². The van der Waals surface area contributed by atoms with Gasteiger partial charge in [0.25, 0.3) is 0 Å². The predicted molar refractivity (Wildman–Crippen MR) is 86.5 cm³/mol. The molecular weight excluding hydrogens is 288 g/mol. The Balaban J connectivity index is 1.53. The van der Waals surface area contributed by atoms with Crippen LogP contribution in [0.15, 0.2) is 54.6 Å². The highest BCUT2D eigenvalue weighted by Gasteiger charge is 2.17. The molecule has 0 fully saturated rings. The molecule has 0 unspecified atom stereocenters. The summed E-state index contributed by atoms with van der Waals surface area (Å²) in [6.07, 6.45) is 1.00. The van der Waals surface area contributed by atoms with Gasteiger partial charge in [0.05, 0.1) is 0 Å². The van der Waals surface area contributed by atoms with Crippen LogP contribution in [0.5, 0.6) is 0 Å². The minimum absolute atomic E-state index is 0.624. The van der Waals surface area contributed by atoms with Crippen molar-refractivity contribution >= 4 is 17.2 Å². The summed E-state index contributed by atoms with van der Waals surface area (Å²) in [5.74, 6) is 0.705. The summed E-state index contributed by atoms with van der Waals surface area (Å²) in [5, 5.41) is 18.9. The Morgan fingerprint density at radius 2 is 1.83 bits per heavy atom. The Hall–Kier alpha value is -3.28. The van der Waals surface area contributed by atoms with Gasteiger partial charge in [0, 0.05) is 5.69 Å². The summed E-state index contributed by atoms with van der Waals surface area (Å²) in [6, 6.07) is 18.7. The minimum Gasteiger partial charge on any atom is -0.339 e. The van der Waals surface area contributed by atoms with Crippen molar-refractivity contribution in [3.05, 3.63) is 65.7 Å². The second-order valence-electron chi connectivity index (χ2n) is 5.58. The topological polar surface area (TPSA) is 68.0 Å². The van der Waals surface area contributed by atoms with Crippen LogP contribution in [0.4, 0.5) is 11.5 Å². The molecule has 1 aliphatic rings. The Morgan fingerprint density at radius 3 is 2.83 bits per heavy atom. The van der Waals surface area contributed by atoms with Gasteiger partial charge in [-0.05, 0) is 63.4 Å². The van der Waals surface area contributed by atoms with Gasteiger partial charge in [-0.25, -0.2) is 0 Å². The Bertz CT molecular complexity index is 1040. The zero-order valence-corrected chi connectivity index (χ0v) is 12.1. The molecule has 1 aliphatic carbocycles. The Kier molecular flexibility index (Phi) is 2.46. The van der Waals surface area contributed by atoms with Gasteiger partial charge >= 0.3 is 0 Å². The molecule has 0 spiro atoms. The van der Waals surface area contributed by atoms with Gasteiger partial charge in [-0.3, -0.25) is 0 Å². The third-order valence-electron chi connectivity index (χ3n) is 4.14. The van der Waals surface area contributed by atoms with E-state index < -0.39 is 0 Å². The van der Waals surface area contributed by atoms with Crippen molar-refractivity contribution in [2.24, 2.45) is 0 Å². The first-order chi connectivity index (χ1) is 11.4. The van der Waals surface area contributed by atoms with Gasteiger partial charge in [-0.1, -0.05) is 30.3 Å². The SMILES string of the molecule is c1ccc2c(c1)Cc1ccc(Nc3ccc4nnnn4n3)cc1-2. The van der Waals surface area contributed by atoms with Crippen LogP contribution in [-0.2, 0) is 6.42 Å². The first-order valence-corrected chi connectivity index (χ1v) is 7.40. The molecule has 2 aromatic carbocycles. The van der Waals surface area contributed by atoms with Crippen LogP contribution in [0, 0.1) is 0 Å². The van der Waals surface area contributed by atoms with Crippen molar-refractivity contribution < 1.29 is 0 Å². The fraction of sp³-hybridized carbons (Fsp3) is 0.0588. The zero-order chi connectivity index (χ0) is 15.2. The highest BCUT2D eigenvalue weighted by Crippen LogP contribution is 2.38. The maximum Gasteiger partial charge on any atom is 0.200 e. The molecule has 0 radical (unpaired) electrons. The van der Waals surface area contributed by atoms with Crippen LogP contribution in [0.2, 0.25) is 0 Å². The summed E-state index contributed by atoms with van der Waals surface area (Å²) in [7, 11) is 0. The van der Waals surface area contributed by atoms with Gasteiger partial charge in [-0.2, -0.15) is 0 Å². The maximum atomic E-state index is 4.34. The highest BCUT2D eigenvalue weighted by molar-refractivity contribution is 5.80. The Labute approximate surface area is 131 Å². The zero-order valence-electron chi connectivity index (χ0n) is 12.1. The molecule has 0 aliphatic heterocycles. The number of anilines is 2. The largest absolute Gasteiger partial charge is 0.339 e. The first-order valence-electron chi connectivity index (χ1n) is 7.40. The quantitative estimate of drug-likeness (QED) is 0.543. The van der Waals surface area contributed by atoms with Gasteiger partial charge in [0.1, 0.15) is 0 Å². The summed E-state index contributed by atoms with van der Waals surface area (Å²) in [5.41, 5.74) is 6.97. The molecule has 0 saturated heterocycles. The molecule has 0 amide bonds. The van der Waals surface area contributed by atoms with Crippen molar-refractivity contribution in [3.63, 3.8) is 0 Å². The Morgan fingerprint density at radius 1 is 0.913 bits per heavy atom. The minimum atomic E-state index is 0.624. The lowest BCUT2D eigenvalue weighted by Gasteiger charge is -2.08. The van der Waals surface area contributed by atoms with E-state index in [4.69, 9.17) is 0 Å². The summed E-state index contributed by atoms with van der Waals surface area (Å²) in [4.78, 5) is 0. The number of nitrogens with one attached hydrogen (secondary N) is 1. The number of hydrogen-bond donors (Lipinski definition) is 1. The average Bonchev–Trinajstić information content (AvgIpc) is 3.18. The van der Waals surface area contributed by atoms with Crippen LogP contribution >= 0.6 is 0 Å². The standard InChI is InChI=1S/C17H12N6/c1-2-4-14-11(3-1)9-12-5-6-13(10-15(12)14)18-16-7-8-17-19-21-22-23(17)20-16/h1-8,10H,9H2,(H,18,20). The van der Waals surface area contributed by atoms with Gasteiger partial charge < -0.3 is 5.32 Å². The molecule has 6 nitrogen and oxygen atoms in total. The smallest absolute Gasteiger partial charge is 0.200 e. The third-order valence-corrected chi connectivity index (χ3v) is 4.14. The van der Waals surface area contributed by atoms with Crippen molar-refractivity contribution in [1.29, 1.82) is 0 Å². The highest BCUT2D eigenvalue weighted by atomic mass is 15.6. The van der Waals surface area contributed by atoms with E-state index in [1.807, 2.05) is 12.1 Å². The lowest BCUT2D eigenvalue weighted by molar-refractivity contribution is 0.736. The molecule has 2 aromatic heterocycles. The van der Waals surface area contributed by atoms with E-state index in [-0.39, 0.29) is 0 Å².